The number of rotatable bonds is 3. The Morgan fingerprint density at radius 1 is 0.792 bits per heavy atom. The van der Waals surface area contributed by atoms with Gasteiger partial charge in [-0.1, -0.05) is 84.9 Å². The second-order valence-corrected chi connectivity index (χ2v) is 6.20. The molecule has 0 aromatic heterocycles. The van der Waals surface area contributed by atoms with E-state index in [-0.39, 0.29) is 11.9 Å². The van der Waals surface area contributed by atoms with E-state index >= 15 is 0 Å². The number of hydrogen-bond acceptors (Lipinski definition) is 1. The molecule has 0 bridgehead atoms. The zero-order valence-electron chi connectivity index (χ0n) is 13.4. The van der Waals surface area contributed by atoms with Gasteiger partial charge in [-0.3, -0.25) is 4.79 Å². The van der Waals surface area contributed by atoms with Crippen molar-refractivity contribution in [1.29, 1.82) is 0 Å². The molecule has 118 valence electrons. The van der Waals surface area contributed by atoms with Crippen LogP contribution >= 0.6 is 0 Å². The fourth-order valence-electron chi connectivity index (χ4n) is 3.49. The lowest BCUT2D eigenvalue weighted by Gasteiger charge is -2.37. The normalized spacial score (nSPS) is 16.8. The van der Waals surface area contributed by atoms with Crippen LogP contribution in [0.2, 0.25) is 0 Å². The summed E-state index contributed by atoms with van der Waals surface area (Å²) in [6.45, 7) is 0.633. The standard InChI is InChI=1S/C22H19NO/c24-21-15-19-13-7-8-14-20(19)22(18-11-5-2-6-12-18)23(21)16-17-9-3-1-4-10-17/h1-14,22H,15-16H2. The summed E-state index contributed by atoms with van der Waals surface area (Å²) in [5.41, 5.74) is 4.69. The van der Waals surface area contributed by atoms with Crippen LogP contribution in [0.25, 0.3) is 0 Å². The predicted octanol–water partition coefficient (Wildman–Crippen LogP) is 4.36. The summed E-state index contributed by atoms with van der Waals surface area (Å²) in [6, 6.07) is 28.8. The van der Waals surface area contributed by atoms with Gasteiger partial charge in [0.25, 0.3) is 0 Å². The van der Waals surface area contributed by atoms with Crippen molar-refractivity contribution in [3.8, 4) is 0 Å². The average Bonchev–Trinajstić information content (AvgIpc) is 2.64. The highest BCUT2D eigenvalue weighted by Crippen LogP contribution is 2.36. The summed E-state index contributed by atoms with van der Waals surface area (Å²) >= 11 is 0. The molecule has 1 aliphatic heterocycles. The highest BCUT2D eigenvalue weighted by atomic mass is 16.2. The van der Waals surface area contributed by atoms with Crippen LogP contribution in [0, 0.1) is 0 Å². The molecule has 1 unspecified atom stereocenters. The van der Waals surface area contributed by atoms with Gasteiger partial charge >= 0.3 is 0 Å². The lowest BCUT2D eigenvalue weighted by atomic mass is 9.87. The van der Waals surface area contributed by atoms with Gasteiger partial charge in [0.15, 0.2) is 0 Å². The average molecular weight is 313 g/mol. The molecule has 0 N–H and O–H groups in total. The third-order valence-corrected chi connectivity index (χ3v) is 4.63. The lowest BCUT2D eigenvalue weighted by Crippen LogP contribution is -2.40. The first-order valence-electron chi connectivity index (χ1n) is 8.29. The maximum atomic E-state index is 12.9. The highest BCUT2D eigenvalue weighted by molar-refractivity contribution is 5.82. The summed E-state index contributed by atoms with van der Waals surface area (Å²) in [5.74, 6) is 0.186. The number of amides is 1. The maximum absolute atomic E-state index is 12.9. The Kier molecular flexibility index (Phi) is 3.87. The van der Waals surface area contributed by atoms with Crippen LogP contribution in [-0.2, 0) is 17.8 Å². The van der Waals surface area contributed by atoms with Crippen molar-refractivity contribution >= 4 is 5.91 Å². The maximum Gasteiger partial charge on any atom is 0.228 e. The summed E-state index contributed by atoms with van der Waals surface area (Å²) in [6.07, 6.45) is 0.479. The van der Waals surface area contributed by atoms with Gasteiger partial charge in [-0.2, -0.15) is 0 Å². The Morgan fingerprint density at radius 3 is 2.17 bits per heavy atom. The first kappa shape index (κ1) is 14.7. The monoisotopic (exact) mass is 313 g/mol. The molecule has 0 radical (unpaired) electrons. The molecule has 0 fully saturated rings. The van der Waals surface area contributed by atoms with Crippen molar-refractivity contribution in [2.75, 3.05) is 0 Å². The Bertz CT molecular complexity index is 842. The largest absolute Gasteiger partial charge is 0.327 e. The molecule has 0 spiro atoms. The van der Waals surface area contributed by atoms with E-state index < -0.39 is 0 Å². The molecule has 24 heavy (non-hydrogen) atoms. The third kappa shape index (κ3) is 2.71. The van der Waals surface area contributed by atoms with Gasteiger partial charge in [0.1, 0.15) is 0 Å². The fourth-order valence-corrected chi connectivity index (χ4v) is 3.49. The molecule has 2 nitrogen and oxygen atoms in total. The minimum atomic E-state index is -0.0242. The van der Waals surface area contributed by atoms with Gasteiger partial charge in [-0.25, -0.2) is 0 Å². The first-order valence-corrected chi connectivity index (χ1v) is 8.29. The quantitative estimate of drug-likeness (QED) is 0.703. The van der Waals surface area contributed by atoms with Crippen LogP contribution in [0.3, 0.4) is 0 Å². The van der Waals surface area contributed by atoms with E-state index in [0.717, 1.165) is 16.7 Å². The molecule has 1 aliphatic rings. The van der Waals surface area contributed by atoms with E-state index in [0.29, 0.717) is 13.0 Å². The summed E-state index contributed by atoms with van der Waals surface area (Å²) in [5, 5.41) is 0. The number of carbonyl (C=O) groups is 1. The topological polar surface area (TPSA) is 20.3 Å². The van der Waals surface area contributed by atoms with Gasteiger partial charge in [0.05, 0.1) is 12.5 Å². The molecule has 1 atom stereocenters. The minimum Gasteiger partial charge on any atom is -0.327 e. The van der Waals surface area contributed by atoms with Crippen molar-refractivity contribution in [2.45, 2.75) is 19.0 Å². The van der Waals surface area contributed by atoms with Crippen LogP contribution < -0.4 is 0 Å². The predicted molar refractivity (Wildman–Crippen MR) is 95.4 cm³/mol. The Labute approximate surface area is 142 Å². The third-order valence-electron chi connectivity index (χ3n) is 4.63. The van der Waals surface area contributed by atoms with E-state index in [1.54, 1.807) is 0 Å². The molecule has 0 saturated carbocycles. The summed E-state index contributed by atoms with van der Waals surface area (Å²) in [7, 11) is 0. The van der Waals surface area contributed by atoms with E-state index in [1.807, 2.05) is 47.4 Å². The number of benzene rings is 3. The van der Waals surface area contributed by atoms with Gasteiger partial charge in [-0.15, -0.1) is 0 Å². The fraction of sp³-hybridized carbons (Fsp3) is 0.136. The Hall–Kier alpha value is -2.87. The van der Waals surface area contributed by atoms with E-state index in [1.165, 1.54) is 5.56 Å². The Morgan fingerprint density at radius 2 is 1.42 bits per heavy atom. The van der Waals surface area contributed by atoms with Crippen LogP contribution in [0.15, 0.2) is 84.9 Å². The summed E-state index contributed by atoms with van der Waals surface area (Å²) in [4.78, 5) is 14.9. The Balaban J connectivity index is 1.80. The second kappa shape index (κ2) is 6.32. The number of hydrogen-bond donors (Lipinski definition) is 0. The molecule has 4 rings (SSSR count). The number of nitrogens with zero attached hydrogens (tertiary/aromatic N) is 1. The molecule has 2 heteroatoms. The highest BCUT2D eigenvalue weighted by Gasteiger charge is 2.33. The smallest absolute Gasteiger partial charge is 0.228 e. The van der Waals surface area contributed by atoms with Gasteiger partial charge in [-0.05, 0) is 22.3 Å². The molecule has 0 saturated heterocycles. The van der Waals surface area contributed by atoms with Gasteiger partial charge in [0.2, 0.25) is 5.91 Å². The van der Waals surface area contributed by atoms with Crippen LogP contribution in [0.4, 0.5) is 0 Å². The van der Waals surface area contributed by atoms with Gasteiger partial charge in [0, 0.05) is 6.54 Å². The van der Waals surface area contributed by atoms with Gasteiger partial charge < -0.3 is 4.90 Å². The zero-order chi connectivity index (χ0) is 16.4. The second-order valence-electron chi connectivity index (χ2n) is 6.20. The minimum absolute atomic E-state index is 0.0242. The molecule has 1 amide bonds. The van der Waals surface area contributed by atoms with Crippen LogP contribution in [0.1, 0.15) is 28.3 Å². The van der Waals surface area contributed by atoms with Crippen molar-refractivity contribution in [1.82, 2.24) is 4.90 Å². The van der Waals surface area contributed by atoms with Crippen LogP contribution in [0.5, 0.6) is 0 Å². The van der Waals surface area contributed by atoms with Crippen molar-refractivity contribution < 1.29 is 4.79 Å². The molecular weight excluding hydrogens is 294 g/mol. The van der Waals surface area contributed by atoms with E-state index in [2.05, 4.69) is 42.5 Å². The van der Waals surface area contributed by atoms with Crippen molar-refractivity contribution in [3.05, 3.63) is 107 Å². The molecule has 0 aliphatic carbocycles. The van der Waals surface area contributed by atoms with Crippen molar-refractivity contribution in [2.24, 2.45) is 0 Å². The number of fused-ring (bicyclic) bond motifs is 1. The van der Waals surface area contributed by atoms with E-state index in [9.17, 15) is 4.79 Å². The van der Waals surface area contributed by atoms with Crippen LogP contribution in [-0.4, -0.2) is 10.8 Å². The molecular formula is C22H19NO. The molecule has 1 heterocycles. The molecule has 3 aromatic carbocycles. The van der Waals surface area contributed by atoms with E-state index in [4.69, 9.17) is 0 Å². The first-order chi connectivity index (χ1) is 11.8. The zero-order valence-corrected chi connectivity index (χ0v) is 13.4. The number of carbonyl (C=O) groups excluding carboxylic acids is 1. The molecule has 3 aromatic rings. The van der Waals surface area contributed by atoms with Crippen molar-refractivity contribution in [3.63, 3.8) is 0 Å². The summed E-state index contributed by atoms with van der Waals surface area (Å²) < 4.78 is 0. The lowest BCUT2D eigenvalue weighted by molar-refractivity contribution is -0.133. The SMILES string of the molecule is O=C1Cc2ccccc2C(c2ccccc2)N1Cc1ccccc1.